The highest BCUT2D eigenvalue weighted by atomic mass is 16.5. The van der Waals surface area contributed by atoms with E-state index in [9.17, 15) is 4.79 Å². The fraction of sp³-hybridized carbons (Fsp3) is 0.500. The second-order valence-electron chi connectivity index (χ2n) is 6.12. The number of amides is 2. The Balaban J connectivity index is 1.44. The summed E-state index contributed by atoms with van der Waals surface area (Å²) in [5.41, 5.74) is 1.09. The van der Waals surface area contributed by atoms with Crippen LogP contribution in [0.4, 0.5) is 4.79 Å². The van der Waals surface area contributed by atoms with E-state index in [0.717, 1.165) is 31.4 Å². The molecule has 25 heavy (non-hydrogen) atoms. The number of benzene rings is 1. The van der Waals surface area contributed by atoms with Crippen molar-refractivity contribution in [1.29, 1.82) is 0 Å². The number of aryl methyl sites for hydroxylation is 1. The molecule has 1 aromatic heterocycles. The summed E-state index contributed by atoms with van der Waals surface area (Å²) in [4.78, 5) is 18.4. The molecule has 7 heteroatoms. The summed E-state index contributed by atoms with van der Waals surface area (Å²) in [5, 5.41) is 6.82. The van der Waals surface area contributed by atoms with Crippen molar-refractivity contribution in [3.63, 3.8) is 0 Å². The lowest BCUT2D eigenvalue weighted by molar-refractivity contribution is -0.0103. The number of piperidine rings is 1. The second kappa shape index (κ2) is 8.62. The minimum atomic E-state index is -0.0526. The lowest BCUT2D eigenvalue weighted by Crippen LogP contribution is -2.47. The number of ether oxygens (including phenoxy) is 1. The first-order chi connectivity index (χ1) is 12.2. The standard InChI is InChI=1S/C18H24N4O3/c1-2-16-20-17(25-21-16)13-24-15-9-6-10-22(12-15)18(23)19-11-14-7-4-3-5-8-14/h3-5,7-8,15H,2,6,9-13H2,1H3,(H,19,23)/t15-/m1/s1. The Labute approximate surface area is 147 Å². The molecule has 0 unspecified atom stereocenters. The Bertz CT molecular complexity index is 674. The summed E-state index contributed by atoms with van der Waals surface area (Å²) in [6.07, 6.45) is 2.58. The molecule has 1 fully saturated rings. The molecule has 0 bridgehead atoms. The highest BCUT2D eigenvalue weighted by molar-refractivity contribution is 5.74. The first kappa shape index (κ1) is 17.4. The molecule has 1 saturated heterocycles. The van der Waals surface area contributed by atoms with Gasteiger partial charge in [0.05, 0.1) is 6.10 Å². The predicted molar refractivity (Wildman–Crippen MR) is 91.7 cm³/mol. The van der Waals surface area contributed by atoms with Crippen LogP contribution in [0.1, 0.15) is 37.0 Å². The molecule has 1 atom stereocenters. The topological polar surface area (TPSA) is 80.5 Å². The Morgan fingerprint density at radius 2 is 2.24 bits per heavy atom. The molecule has 134 valence electrons. The first-order valence-corrected chi connectivity index (χ1v) is 8.74. The summed E-state index contributed by atoms with van der Waals surface area (Å²) in [7, 11) is 0. The Kier molecular flexibility index (Phi) is 6.00. The van der Waals surface area contributed by atoms with Crippen molar-refractivity contribution in [3.8, 4) is 0 Å². The molecule has 2 heterocycles. The van der Waals surface area contributed by atoms with Crippen molar-refractivity contribution in [2.75, 3.05) is 13.1 Å². The van der Waals surface area contributed by atoms with Gasteiger partial charge in [0, 0.05) is 26.1 Å². The van der Waals surface area contributed by atoms with Crippen molar-refractivity contribution in [1.82, 2.24) is 20.4 Å². The molecular formula is C18H24N4O3. The number of nitrogens with one attached hydrogen (secondary N) is 1. The molecule has 1 aliphatic heterocycles. The summed E-state index contributed by atoms with van der Waals surface area (Å²) in [6.45, 7) is 4.12. The fourth-order valence-corrected chi connectivity index (χ4v) is 2.83. The number of nitrogens with zero attached hydrogens (tertiary/aromatic N) is 3. The summed E-state index contributed by atoms with van der Waals surface area (Å²) in [6, 6.07) is 9.84. The minimum absolute atomic E-state index is 0.00629. The van der Waals surface area contributed by atoms with Crippen LogP contribution in [-0.2, 0) is 24.3 Å². The third-order valence-electron chi connectivity index (χ3n) is 4.22. The van der Waals surface area contributed by atoms with E-state index in [4.69, 9.17) is 9.26 Å². The Hall–Kier alpha value is -2.41. The maximum Gasteiger partial charge on any atom is 0.317 e. The van der Waals surface area contributed by atoms with Crippen molar-refractivity contribution in [2.45, 2.75) is 45.4 Å². The van der Waals surface area contributed by atoms with Crippen molar-refractivity contribution in [2.24, 2.45) is 0 Å². The number of rotatable bonds is 6. The van der Waals surface area contributed by atoms with Gasteiger partial charge in [0.25, 0.3) is 5.89 Å². The van der Waals surface area contributed by atoms with Gasteiger partial charge in [0.1, 0.15) is 6.61 Å². The number of carbonyl (C=O) groups is 1. The van der Waals surface area contributed by atoms with E-state index >= 15 is 0 Å². The van der Waals surface area contributed by atoms with Crippen LogP contribution in [0.2, 0.25) is 0 Å². The van der Waals surface area contributed by atoms with Crippen LogP contribution in [0.25, 0.3) is 0 Å². The first-order valence-electron chi connectivity index (χ1n) is 8.74. The number of urea groups is 1. The van der Waals surface area contributed by atoms with Gasteiger partial charge >= 0.3 is 6.03 Å². The van der Waals surface area contributed by atoms with Crippen LogP contribution in [0.3, 0.4) is 0 Å². The largest absolute Gasteiger partial charge is 0.367 e. The smallest absolute Gasteiger partial charge is 0.317 e. The van der Waals surface area contributed by atoms with E-state index < -0.39 is 0 Å². The van der Waals surface area contributed by atoms with Crippen molar-refractivity contribution in [3.05, 3.63) is 47.6 Å². The number of aromatic nitrogens is 2. The van der Waals surface area contributed by atoms with E-state index in [1.54, 1.807) is 0 Å². The molecule has 1 N–H and O–H groups in total. The molecule has 0 radical (unpaired) electrons. The lowest BCUT2D eigenvalue weighted by atomic mass is 10.1. The van der Waals surface area contributed by atoms with Crippen LogP contribution >= 0.6 is 0 Å². The monoisotopic (exact) mass is 344 g/mol. The lowest BCUT2D eigenvalue weighted by Gasteiger charge is -2.32. The van der Waals surface area contributed by atoms with Gasteiger partial charge in [-0.15, -0.1) is 0 Å². The zero-order valence-electron chi connectivity index (χ0n) is 14.5. The van der Waals surface area contributed by atoms with E-state index in [-0.39, 0.29) is 18.7 Å². The van der Waals surface area contributed by atoms with Gasteiger partial charge in [-0.3, -0.25) is 0 Å². The number of likely N-dealkylation sites (tertiary alicyclic amines) is 1. The van der Waals surface area contributed by atoms with Gasteiger partial charge < -0.3 is 19.5 Å². The minimum Gasteiger partial charge on any atom is -0.367 e. The van der Waals surface area contributed by atoms with Gasteiger partial charge in [-0.25, -0.2) is 4.79 Å². The van der Waals surface area contributed by atoms with E-state index in [0.29, 0.717) is 24.8 Å². The SMILES string of the molecule is CCc1noc(CO[C@@H]2CCCN(C(=O)NCc3ccccc3)C2)n1. The number of carbonyl (C=O) groups excluding carboxylic acids is 1. The van der Waals surface area contributed by atoms with Crippen molar-refractivity contribution < 1.29 is 14.1 Å². The summed E-state index contributed by atoms with van der Waals surface area (Å²) >= 11 is 0. The average molecular weight is 344 g/mol. The van der Waals surface area contributed by atoms with Gasteiger partial charge in [-0.2, -0.15) is 4.98 Å². The number of hydrogen-bond donors (Lipinski definition) is 1. The highest BCUT2D eigenvalue weighted by Gasteiger charge is 2.24. The zero-order valence-corrected chi connectivity index (χ0v) is 14.5. The molecule has 0 saturated carbocycles. The fourth-order valence-electron chi connectivity index (χ4n) is 2.83. The molecule has 2 amide bonds. The van der Waals surface area contributed by atoms with Crippen LogP contribution < -0.4 is 5.32 Å². The second-order valence-corrected chi connectivity index (χ2v) is 6.12. The maximum absolute atomic E-state index is 12.4. The highest BCUT2D eigenvalue weighted by Crippen LogP contribution is 2.15. The third kappa shape index (κ3) is 5.03. The van der Waals surface area contributed by atoms with E-state index in [1.165, 1.54) is 0 Å². The van der Waals surface area contributed by atoms with E-state index in [1.807, 2.05) is 42.2 Å². The molecule has 2 aromatic rings. The molecule has 7 nitrogen and oxygen atoms in total. The van der Waals surface area contributed by atoms with Crippen LogP contribution in [0, 0.1) is 0 Å². The molecule has 0 spiro atoms. The summed E-state index contributed by atoms with van der Waals surface area (Å²) < 4.78 is 11.0. The van der Waals surface area contributed by atoms with Crippen molar-refractivity contribution >= 4 is 6.03 Å². The van der Waals surface area contributed by atoms with Gasteiger partial charge in [-0.05, 0) is 18.4 Å². The van der Waals surface area contributed by atoms with Gasteiger partial charge in [-0.1, -0.05) is 42.4 Å². The predicted octanol–water partition coefficient (Wildman–Crippen LogP) is 2.52. The summed E-state index contributed by atoms with van der Waals surface area (Å²) in [5.74, 6) is 1.17. The molecule has 0 aliphatic carbocycles. The quantitative estimate of drug-likeness (QED) is 0.871. The Morgan fingerprint density at radius 1 is 1.40 bits per heavy atom. The molecule has 3 rings (SSSR count). The molecule has 1 aromatic carbocycles. The maximum atomic E-state index is 12.4. The van der Waals surface area contributed by atoms with Crippen LogP contribution in [-0.4, -0.2) is 40.3 Å². The van der Waals surface area contributed by atoms with Crippen LogP contribution in [0.15, 0.2) is 34.9 Å². The molecular weight excluding hydrogens is 320 g/mol. The molecule has 1 aliphatic rings. The average Bonchev–Trinajstić information content (AvgIpc) is 3.14. The van der Waals surface area contributed by atoms with Gasteiger partial charge in [0.15, 0.2) is 5.82 Å². The Morgan fingerprint density at radius 3 is 3.00 bits per heavy atom. The van der Waals surface area contributed by atoms with Gasteiger partial charge in [0.2, 0.25) is 0 Å². The zero-order chi connectivity index (χ0) is 17.5. The van der Waals surface area contributed by atoms with Crippen LogP contribution in [0.5, 0.6) is 0 Å². The number of hydrogen-bond acceptors (Lipinski definition) is 5. The van der Waals surface area contributed by atoms with E-state index in [2.05, 4.69) is 15.5 Å². The third-order valence-corrected chi connectivity index (χ3v) is 4.22. The normalized spacial score (nSPS) is 17.5.